The van der Waals surface area contributed by atoms with Crippen molar-refractivity contribution in [2.24, 2.45) is 10.2 Å². The van der Waals surface area contributed by atoms with Crippen molar-refractivity contribution in [2.75, 3.05) is 6.61 Å². The summed E-state index contributed by atoms with van der Waals surface area (Å²) >= 11 is 0. The second kappa shape index (κ2) is 8.47. The highest BCUT2D eigenvalue weighted by Crippen LogP contribution is 2.38. The van der Waals surface area contributed by atoms with Crippen LogP contribution < -0.4 is 0 Å². The number of benzene rings is 3. The summed E-state index contributed by atoms with van der Waals surface area (Å²) < 4.78 is 5.65. The molecule has 3 aromatic rings. The zero-order valence-electron chi connectivity index (χ0n) is 15.9. The van der Waals surface area contributed by atoms with Gasteiger partial charge < -0.3 is 30.3 Å². The Balaban J connectivity index is 1.71. The smallest absolute Gasteiger partial charge is 0.123 e. The molecule has 1 aliphatic rings. The Hall–Kier alpha value is -2.88. The molecular formula is C22H22N2O6. The van der Waals surface area contributed by atoms with Crippen LogP contribution in [0.2, 0.25) is 0 Å². The van der Waals surface area contributed by atoms with Gasteiger partial charge in [0.15, 0.2) is 0 Å². The van der Waals surface area contributed by atoms with E-state index in [1.165, 1.54) is 0 Å². The van der Waals surface area contributed by atoms with Crippen molar-refractivity contribution in [1.29, 1.82) is 0 Å². The van der Waals surface area contributed by atoms with Crippen molar-refractivity contribution in [3.8, 4) is 5.75 Å². The van der Waals surface area contributed by atoms with Crippen molar-refractivity contribution in [3.63, 3.8) is 0 Å². The first-order valence-electron chi connectivity index (χ1n) is 9.53. The lowest BCUT2D eigenvalue weighted by atomic mass is 9.90. The summed E-state index contributed by atoms with van der Waals surface area (Å²) in [5.41, 5.74) is 1.41. The minimum absolute atomic E-state index is 0.145. The number of azo groups is 1. The van der Waals surface area contributed by atoms with Gasteiger partial charge in [-0.3, -0.25) is 0 Å². The lowest BCUT2D eigenvalue weighted by Gasteiger charge is -2.40. The van der Waals surface area contributed by atoms with Gasteiger partial charge in [-0.25, -0.2) is 0 Å². The predicted octanol–water partition coefficient (Wildman–Crippen LogP) is 2.48. The summed E-state index contributed by atoms with van der Waals surface area (Å²) in [5, 5.41) is 60.0. The molecule has 4 rings (SSSR count). The van der Waals surface area contributed by atoms with Gasteiger partial charge >= 0.3 is 0 Å². The summed E-state index contributed by atoms with van der Waals surface area (Å²) in [6.07, 6.45) is -6.34. The number of nitrogens with zero attached hydrogens (tertiary/aromatic N) is 2. The molecule has 0 spiro atoms. The van der Waals surface area contributed by atoms with E-state index < -0.39 is 37.1 Å². The standard InChI is InChI=1S/C22H22N2O6/c25-11-18-19(27)20(28)21(29)22(30-18)14-7-3-4-8-15(14)23-24-16-9-10-17(26)13-6-2-1-5-12(13)16/h1-10,18-22,25-29H,11H2/t18-,19-,20+,21-,22+/m1/s1. The highest BCUT2D eigenvalue weighted by atomic mass is 16.5. The molecule has 0 aliphatic carbocycles. The fourth-order valence-electron chi connectivity index (χ4n) is 3.64. The molecule has 30 heavy (non-hydrogen) atoms. The number of aliphatic hydroxyl groups is 4. The van der Waals surface area contributed by atoms with Crippen LogP contribution in [0.3, 0.4) is 0 Å². The first-order chi connectivity index (χ1) is 14.5. The monoisotopic (exact) mass is 410 g/mol. The third-order valence-electron chi connectivity index (χ3n) is 5.28. The fourth-order valence-corrected chi connectivity index (χ4v) is 3.64. The van der Waals surface area contributed by atoms with E-state index in [0.717, 1.165) is 5.39 Å². The predicted molar refractivity (Wildman–Crippen MR) is 109 cm³/mol. The number of fused-ring (bicyclic) bond motifs is 1. The average Bonchev–Trinajstić information content (AvgIpc) is 2.78. The lowest BCUT2D eigenvalue weighted by Crippen LogP contribution is -2.55. The molecule has 0 unspecified atom stereocenters. The van der Waals surface area contributed by atoms with Gasteiger partial charge in [0, 0.05) is 16.3 Å². The minimum Gasteiger partial charge on any atom is -0.507 e. The molecule has 8 nitrogen and oxygen atoms in total. The molecule has 1 heterocycles. The Morgan fingerprint density at radius 3 is 2.17 bits per heavy atom. The van der Waals surface area contributed by atoms with Crippen LogP contribution in [0.4, 0.5) is 11.4 Å². The molecule has 0 radical (unpaired) electrons. The van der Waals surface area contributed by atoms with Gasteiger partial charge in [-0.05, 0) is 18.2 Å². The zero-order valence-corrected chi connectivity index (χ0v) is 15.9. The molecule has 8 heteroatoms. The van der Waals surface area contributed by atoms with E-state index in [0.29, 0.717) is 22.3 Å². The lowest BCUT2D eigenvalue weighted by molar-refractivity contribution is -0.231. The van der Waals surface area contributed by atoms with Gasteiger partial charge in [-0.2, -0.15) is 5.11 Å². The van der Waals surface area contributed by atoms with Crippen molar-refractivity contribution in [2.45, 2.75) is 30.5 Å². The Bertz CT molecular complexity index is 1070. The third-order valence-corrected chi connectivity index (χ3v) is 5.28. The Morgan fingerprint density at radius 1 is 0.733 bits per heavy atom. The zero-order chi connectivity index (χ0) is 21.3. The number of phenolic OH excluding ortho intramolecular Hbond substituents is 1. The molecule has 3 aromatic carbocycles. The van der Waals surface area contributed by atoms with E-state index in [-0.39, 0.29) is 5.75 Å². The molecule has 0 aromatic heterocycles. The van der Waals surface area contributed by atoms with Gasteiger partial charge in [-0.15, -0.1) is 5.11 Å². The van der Waals surface area contributed by atoms with E-state index in [4.69, 9.17) is 4.74 Å². The maximum Gasteiger partial charge on any atom is 0.123 e. The van der Waals surface area contributed by atoms with Crippen molar-refractivity contribution < 1.29 is 30.3 Å². The highest BCUT2D eigenvalue weighted by molar-refractivity contribution is 5.96. The van der Waals surface area contributed by atoms with Crippen LogP contribution in [0.25, 0.3) is 10.8 Å². The number of ether oxygens (including phenoxy) is 1. The van der Waals surface area contributed by atoms with Crippen LogP contribution in [-0.4, -0.2) is 56.6 Å². The molecule has 0 bridgehead atoms. The summed E-state index contributed by atoms with van der Waals surface area (Å²) in [6, 6.07) is 17.3. The second-order valence-electron chi connectivity index (χ2n) is 7.16. The molecule has 156 valence electrons. The normalized spacial score (nSPS) is 27.0. The topological polar surface area (TPSA) is 135 Å². The Labute approximate surface area is 172 Å². The summed E-state index contributed by atoms with van der Waals surface area (Å²) in [4.78, 5) is 0. The van der Waals surface area contributed by atoms with Crippen LogP contribution in [0, 0.1) is 0 Å². The van der Waals surface area contributed by atoms with Crippen LogP contribution in [0.1, 0.15) is 11.7 Å². The van der Waals surface area contributed by atoms with Crippen LogP contribution in [-0.2, 0) is 4.74 Å². The number of rotatable bonds is 4. The third kappa shape index (κ3) is 3.67. The van der Waals surface area contributed by atoms with E-state index in [9.17, 15) is 25.5 Å². The number of aliphatic hydroxyl groups excluding tert-OH is 4. The first kappa shape index (κ1) is 20.4. The van der Waals surface area contributed by atoms with E-state index >= 15 is 0 Å². The molecule has 1 saturated heterocycles. The molecule has 5 atom stereocenters. The Morgan fingerprint density at radius 2 is 1.40 bits per heavy atom. The van der Waals surface area contributed by atoms with Crippen molar-refractivity contribution in [3.05, 3.63) is 66.2 Å². The van der Waals surface area contributed by atoms with Crippen LogP contribution in [0.15, 0.2) is 70.9 Å². The van der Waals surface area contributed by atoms with Crippen molar-refractivity contribution >= 4 is 22.1 Å². The fraction of sp³-hybridized carbons (Fsp3) is 0.273. The largest absolute Gasteiger partial charge is 0.507 e. The molecule has 1 aliphatic heterocycles. The van der Waals surface area contributed by atoms with Crippen LogP contribution >= 0.6 is 0 Å². The second-order valence-corrected chi connectivity index (χ2v) is 7.16. The van der Waals surface area contributed by atoms with Gasteiger partial charge in [0.1, 0.15) is 36.3 Å². The maximum absolute atomic E-state index is 10.4. The van der Waals surface area contributed by atoms with E-state index in [1.807, 2.05) is 18.2 Å². The summed E-state index contributed by atoms with van der Waals surface area (Å²) in [6.45, 7) is -0.509. The maximum atomic E-state index is 10.4. The quantitative estimate of drug-likeness (QED) is 0.419. The Kier molecular flexibility index (Phi) is 5.76. The minimum atomic E-state index is -1.48. The summed E-state index contributed by atoms with van der Waals surface area (Å²) in [5.74, 6) is 0.145. The molecule has 0 saturated carbocycles. The molecule has 5 N–H and O–H groups in total. The average molecular weight is 410 g/mol. The number of hydrogen-bond donors (Lipinski definition) is 5. The SMILES string of the molecule is OC[C@H]1O[C@@H](c2ccccc2N=Nc2ccc(O)c3ccccc23)[C@H](O)[C@@H](O)[C@@H]1O. The van der Waals surface area contributed by atoms with Gasteiger partial charge in [0.2, 0.25) is 0 Å². The first-order valence-corrected chi connectivity index (χ1v) is 9.53. The van der Waals surface area contributed by atoms with Gasteiger partial charge in [-0.1, -0.05) is 42.5 Å². The number of aromatic hydroxyl groups is 1. The number of phenols is 1. The van der Waals surface area contributed by atoms with Gasteiger partial charge in [0.05, 0.1) is 18.0 Å². The highest BCUT2D eigenvalue weighted by Gasteiger charge is 2.44. The van der Waals surface area contributed by atoms with Crippen molar-refractivity contribution in [1.82, 2.24) is 0 Å². The molecule has 0 amide bonds. The van der Waals surface area contributed by atoms with E-state index in [1.54, 1.807) is 42.5 Å². The molecular weight excluding hydrogens is 388 g/mol. The summed E-state index contributed by atoms with van der Waals surface area (Å²) in [7, 11) is 0. The van der Waals surface area contributed by atoms with E-state index in [2.05, 4.69) is 10.2 Å². The van der Waals surface area contributed by atoms with Crippen LogP contribution in [0.5, 0.6) is 5.75 Å². The number of hydrogen-bond acceptors (Lipinski definition) is 8. The van der Waals surface area contributed by atoms with Gasteiger partial charge in [0.25, 0.3) is 0 Å². The molecule has 1 fully saturated rings.